The lowest BCUT2D eigenvalue weighted by molar-refractivity contribution is -0.121. The second kappa shape index (κ2) is 6.37. The van der Waals surface area contributed by atoms with Crippen LogP contribution in [0.25, 0.3) is 0 Å². The molecule has 1 unspecified atom stereocenters. The number of likely N-dealkylation sites (N-methyl/N-ethyl adjacent to an activating group) is 1. The molecule has 6 nitrogen and oxygen atoms in total. The summed E-state index contributed by atoms with van der Waals surface area (Å²) in [7, 11) is 2.10. The molecule has 0 bridgehead atoms. The fourth-order valence-corrected chi connectivity index (χ4v) is 2.49. The molecule has 1 aliphatic rings. The van der Waals surface area contributed by atoms with Gasteiger partial charge in [0.25, 0.3) is 0 Å². The van der Waals surface area contributed by atoms with E-state index in [4.69, 9.17) is 4.52 Å². The molecule has 1 aromatic rings. The van der Waals surface area contributed by atoms with Crippen molar-refractivity contribution in [3.8, 4) is 0 Å². The lowest BCUT2D eigenvalue weighted by atomic mass is 10.2. The molecule has 1 aliphatic heterocycles. The standard InChI is InChI=1S/C14H24N4O2/c1-5-12-10(2)16-20-14(12)15-13(19)11(3)18-8-6-17(4)7-9-18/h11H,5-9H2,1-4H3,(H,15,19). The van der Waals surface area contributed by atoms with Crippen molar-refractivity contribution in [3.63, 3.8) is 0 Å². The lowest BCUT2D eigenvalue weighted by Crippen LogP contribution is -2.51. The average molecular weight is 280 g/mol. The van der Waals surface area contributed by atoms with Gasteiger partial charge in [-0.05, 0) is 27.3 Å². The summed E-state index contributed by atoms with van der Waals surface area (Å²) in [6.45, 7) is 9.69. The van der Waals surface area contributed by atoms with E-state index >= 15 is 0 Å². The number of carbonyl (C=O) groups is 1. The Morgan fingerprint density at radius 1 is 1.40 bits per heavy atom. The molecule has 1 saturated heterocycles. The smallest absolute Gasteiger partial charge is 0.243 e. The van der Waals surface area contributed by atoms with Crippen LogP contribution in [0, 0.1) is 6.92 Å². The first-order chi connectivity index (χ1) is 9.52. The van der Waals surface area contributed by atoms with Gasteiger partial charge in [-0.15, -0.1) is 0 Å². The Morgan fingerprint density at radius 2 is 2.05 bits per heavy atom. The molecule has 2 heterocycles. The second-order valence-electron chi connectivity index (χ2n) is 5.43. The number of nitrogens with zero attached hydrogens (tertiary/aromatic N) is 3. The van der Waals surface area contributed by atoms with Crippen molar-refractivity contribution in [1.82, 2.24) is 15.0 Å². The van der Waals surface area contributed by atoms with Crippen molar-refractivity contribution in [2.75, 3.05) is 38.5 Å². The van der Waals surface area contributed by atoms with Gasteiger partial charge in [0.05, 0.1) is 11.7 Å². The molecular formula is C14H24N4O2. The quantitative estimate of drug-likeness (QED) is 0.895. The fraction of sp³-hybridized carbons (Fsp3) is 0.714. The number of amides is 1. The van der Waals surface area contributed by atoms with Crippen molar-refractivity contribution in [2.24, 2.45) is 0 Å². The van der Waals surface area contributed by atoms with Crippen LogP contribution in [-0.2, 0) is 11.2 Å². The van der Waals surface area contributed by atoms with E-state index < -0.39 is 0 Å². The number of aryl methyl sites for hydroxylation is 1. The highest BCUT2D eigenvalue weighted by Crippen LogP contribution is 2.20. The van der Waals surface area contributed by atoms with Crippen LogP contribution in [0.3, 0.4) is 0 Å². The van der Waals surface area contributed by atoms with Gasteiger partial charge in [-0.1, -0.05) is 12.1 Å². The van der Waals surface area contributed by atoms with Crippen LogP contribution >= 0.6 is 0 Å². The summed E-state index contributed by atoms with van der Waals surface area (Å²) in [5, 5.41) is 6.78. The Labute approximate surface area is 120 Å². The van der Waals surface area contributed by atoms with Crippen molar-refractivity contribution in [2.45, 2.75) is 33.2 Å². The minimum Gasteiger partial charge on any atom is -0.338 e. The molecule has 0 radical (unpaired) electrons. The van der Waals surface area contributed by atoms with E-state index in [1.54, 1.807) is 0 Å². The van der Waals surface area contributed by atoms with Gasteiger partial charge in [0.1, 0.15) is 0 Å². The van der Waals surface area contributed by atoms with Gasteiger partial charge in [0, 0.05) is 31.7 Å². The van der Waals surface area contributed by atoms with Crippen LogP contribution in [0.1, 0.15) is 25.1 Å². The number of aromatic nitrogens is 1. The molecule has 1 fully saturated rings. The predicted octanol–water partition coefficient (Wildman–Crippen LogP) is 1.12. The highest BCUT2D eigenvalue weighted by molar-refractivity contribution is 5.94. The minimum absolute atomic E-state index is 0.0274. The maximum Gasteiger partial charge on any atom is 0.243 e. The summed E-state index contributed by atoms with van der Waals surface area (Å²) in [6.07, 6.45) is 0.799. The third-order valence-electron chi connectivity index (χ3n) is 4.04. The first kappa shape index (κ1) is 15.0. The summed E-state index contributed by atoms with van der Waals surface area (Å²) in [5.74, 6) is 0.469. The van der Waals surface area contributed by atoms with Crippen molar-refractivity contribution in [3.05, 3.63) is 11.3 Å². The van der Waals surface area contributed by atoms with E-state index in [2.05, 4.69) is 27.3 Å². The van der Waals surface area contributed by atoms with Crippen LogP contribution < -0.4 is 5.32 Å². The van der Waals surface area contributed by atoms with Gasteiger partial charge >= 0.3 is 0 Å². The zero-order valence-corrected chi connectivity index (χ0v) is 12.8. The van der Waals surface area contributed by atoms with Crippen LogP contribution in [0.15, 0.2) is 4.52 Å². The van der Waals surface area contributed by atoms with Gasteiger partial charge in [-0.25, -0.2) is 0 Å². The molecule has 1 amide bonds. The number of carbonyl (C=O) groups excluding carboxylic acids is 1. The Balaban J connectivity index is 1.97. The minimum atomic E-state index is -0.154. The third-order valence-corrected chi connectivity index (χ3v) is 4.04. The van der Waals surface area contributed by atoms with E-state index in [0.717, 1.165) is 43.9 Å². The van der Waals surface area contributed by atoms with E-state index in [9.17, 15) is 4.79 Å². The Morgan fingerprint density at radius 3 is 2.65 bits per heavy atom. The Hall–Kier alpha value is -1.40. The number of hydrogen-bond acceptors (Lipinski definition) is 5. The largest absolute Gasteiger partial charge is 0.338 e. The second-order valence-corrected chi connectivity index (χ2v) is 5.43. The normalized spacial score (nSPS) is 19.0. The van der Waals surface area contributed by atoms with Crippen LogP contribution in [0.2, 0.25) is 0 Å². The number of rotatable bonds is 4. The van der Waals surface area contributed by atoms with E-state index in [1.807, 2.05) is 20.8 Å². The van der Waals surface area contributed by atoms with E-state index in [-0.39, 0.29) is 11.9 Å². The van der Waals surface area contributed by atoms with Gasteiger partial charge < -0.3 is 9.42 Å². The van der Waals surface area contributed by atoms with Crippen molar-refractivity contribution >= 4 is 11.8 Å². The van der Waals surface area contributed by atoms with Gasteiger partial charge in [0.2, 0.25) is 11.8 Å². The number of anilines is 1. The summed E-state index contributed by atoms with van der Waals surface area (Å²) in [6, 6.07) is -0.154. The molecule has 0 spiro atoms. The Kier molecular flexibility index (Phi) is 4.77. The molecule has 20 heavy (non-hydrogen) atoms. The first-order valence-corrected chi connectivity index (χ1v) is 7.21. The molecule has 0 aliphatic carbocycles. The molecule has 0 saturated carbocycles. The number of piperazine rings is 1. The topological polar surface area (TPSA) is 61.6 Å². The molecule has 2 rings (SSSR count). The lowest BCUT2D eigenvalue weighted by Gasteiger charge is -2.35. The SMILES string of the molecule is CCc1c(C)noc1NC(=O)C(C)N1CCN(C)CC1. The first-order valence-electron chi connectivity index (χ1n) is 7.21. The monoisotopic (exact) mass is 280 g/mol. The summed E-state index contributed by atoms with van der Waals surface area (Å²) < 4.78 is 5.20. The predicted molar refractivity (Wildman–Crippen MR) is 77.8 cm³/mol. The van der Waals surface area contributed by atoms with Gasteiger partial charge in [-0.3, -0.25) is 15.0 Å². The van der Waals surface area contributed by atoms with Crippen LogP contribution in [-0.4, -0.2) is 60.1 Å². The summed E-state index contributed by atoms with van der Waals surface area (Å²) in [5.41, 5.74) is 1.82. The number of nitrogens with one attached hydrogen (secondary N) is 1. The zero-order valence-electron chi connectivity index (χ0n) is 12.8. The zero-order chi connectivity index (χ0) is 14.7. The van der Waals surface area contributed by atoms with Crippen LogP contribution in [0.4, 0.5) is 5.88 Å². The molecule has 1 aromatic heterocycles. The Bertz CT molecular complexity index is 464. The highest BCUT2D eigenvalue weighted by Gasteiger charge is 2.25. The van der Waals surface area contributed by atoms with Crippen molar-refractivity contribution in [1.29, 1.82) is 0 Å². The maximum atomic E-state index is 12.3. The fourth-order valence-electron chi connectivity index (χ4n) is 2.49. The van der Waals surface area contributed by atoms with E-state index in [0.29, 0.717) is 5.88 Å². The molecule has 112 valence electrons. The maximum absolute atomic E-state index is 12.3. The molecular weight excluding hydrogens is 256 g/mol. The molecule has 1 atom stereocenters. The summed E-state index contributed by atoms with van der Waals surface area (Å²) in [4.78, 5) is 16.8. The van der Waals surface area contributed by atoms with Gasteiger partial charge in [-0.2, -0.15) is 0 Å². The van der Waals surface area contributed by atoms with Gasteiger partial charge in [0.15, 0.2) is 0 Å². The average Bonchev–Trinajstić information content (AvgIpc) is 2.79. The third kappa shape index (κ3) is 3.19. The summed E-state index contributed by atoms with van der Waals surface area (Å²) >= 11 is 0. The molecule has 1 N–H and O–H groups in total. The van der Waals surface area contributed by atoms with E-state index in [1.165, 1.54) is 0 Å². The van der Waals surface area contributed by atoms with Crippen molar-refractivity contribution < 1.29 is 9.32 Å². The number of hydrogen-bond donors (Lipinski definition) is 1. The highest BCUT2D eigenvalue weighted by atomic mass is 16.5. The molecule has 6 heteroatoms. The molecule has 0 aromatic carbocycles. The van der Waals surface area contributed by atoms with Crippen LogP contribution in [0.5, 0.6) is 0 Å².